The molecule has 2 heterocycles. The maximum absolute atomic E-state index is 14.2. The zero-order valence-corrected chi connectivity index (χ0v) is 16.3. The lowest BCUT2D eigenvalue weighted by Crippen LogP contribution is -2.26. The molecule has 6 nitrogen and oxygen atoms in total. The van der Waals surface area contributed by atoms with Gasteiger partial charge in [-0.05, 0) is 34.9 Å². The zero-order valence-electron chi connectivity index (χ0n) is 15.5. The number of rotatable bonds is 6. The number of carboxylic acid groups (broad SMARTS) is 1. The van der Waals surface area contributed by atoms with E-state index in [0.717, 1.165) is 0 Å². The van der Waals surface area contributed by atoms with E-state index in [9.17, 15) is 23.9 Å². The van der Waals surface area contributed by atoms with Crippen molar-refractivity contribution in [2.45, 2.75) is 26.3 Å². The van der Waals surface area contributed by atoms with E-state index in [2.05, 4.69) is 5.32 Å². The summed E-state index contributed by atoms with van der Waals surface area (Å²) in [6, 6.07) is 9.31. The Balaban J connectivity index is 2.09. The fourth-order valence-corrected chi connectivity index (χ4v) is 3.23. The summed E-state index contributed by atoms with van der Waals surface area (Å²) in [5.41, 5.74) is 0.804. The number of benzene rings is 1. The molecule has 0 saturated carbocycles. The quantitative estimate of drug-likeness (QED) is 0.644. The Morgan fingerprint density at radius 1 is 1.21 bits per heavy atom. The number of hydrogen-bond acceptors (Lipinski definition) is 3. The highest BCUT2D eigenvalue weighted by molar-refractivity contribution is 6.30. The predicted octanol–water partition coefficient (Wildman–Crippen LogP) is 3.41. The number of fused-ring (bicyclic) bond motifs is 1. The minimum Gasteiger partial charge on any atom is -0.477 e. The van der Waals surface area contributed by atoms with Crippen molar-refractivity contribution in [2.75, 3.05) is 0 Å². The molecule has 0 aliphatic rings. The number of hydrogen-bond donors (Lipinski definition) is 2. The first-order valence-corrected chi connectivity index (χ1v) is 9.29. The summed E-state index contributed by atoms with van der Waals surface area (Å²) in [6.07, 6.45) is 1.94. The zero-order chi connectivity index (χ0) is 21.1. The van der Waals surface area contributed by atoms with Crippen LogP contribution in [0, 0.1) is 5.82 Å². The molecule has 2 N–H and O–H groups in total. The maximum atomic E-state index is 14.2. The number of carboxylic acids is 1. The number of carbonyl (C=O) groups is 2. The molecule has 0 spiro atoms. The fraction of sp³-hybridized carbons (Fsp3) is 0.190. The largest absolute Gasteiger partial charge is 0.477 e. The van der Waals surface area contributed by atoms with Crippen LogP contribution in [0.5, 0.6) is 0 Å². The van der Waals surface area contributed by atoms with Crippen LogP contribution in [0.4, 0.5) is 4.39 Å². The van der Waals surface area contributed by atoms with Gasteiger partial charge in [-0.15, -0.1) is 0 Å². The van der Waals surface area contributed by atoms with Crippen molar-refractivity contribution in [3.8, 4) is 0 Å². The number of halogens is 2. The van der Waals surface area contributed by atoms with Gasteiger partial charge in [0.2, 0.25) is 5.91 Å². The van der Waals surface area contributed by atoms with Crippen LogP contribution in [0.2, 0.25) is 5.02 Å². The number of aromatic carboxylic acids is 1. The molecule has 0 aliphatic heterocycles. The molecule has 150 valence electrons. The standard InChI is InChI=1S/C21H18ClFN2O4/c1-2-18(26)24-10-14-9-15(21(28)29)20(27)25-11-12(6-7-17(14)25)8-13-4-3-5-16(22)19(13)23/h3-7,9,11H,2,8,10H2,1H3,(H,24,26)(H,28,29). The average Bonchev–Trinajstić information content (AvgIpc) is 2.70. The Morgan fingerprint density at radius 3 is 2.66 bits per heavy atom. The van der Waals surface area contributed by atoms with Gasteiger partial charge in [-0.1, -0.05) is 36.7 Å². The molecular formula is C21H18ClFN2O4. The predicted molar refractivity (Wildman–Crippen MR) is 107 cm³/mol. The smallest absolute Gasteiger partial charge is 0.341 e. The van der Waals surface area contributed by atoms with Crippen molar-refractivity contribution in [3.05, 3.63) is 86.0 Å². The Kier molecular flexibility index (Phi) is 5.98. The van der Waals surface area contributed by atoms with E-state index in [0.29, 0.717) is 22.2 Å². The lowest BCUT2D eigenvalue weighted by molar-refractivity contribution is -0.120. The molecular weight excluding hydrogens is 399 g/mol. The highest BCUT2D eigenvalue weighted by atomic mass is 35.5. The number of pyridine rings is 2. The molecule has 3 rings (SSSR count). The Labute approximate surface area is 170 Å². The van der Waals surface area contributed by atoms with Crippen molar-refractivity contribution in [1.82, 2.24) is 9.72 Å². The van der Waals surface area contributed by atoms with Crippen LogP contribution in [0.1, 0.15) is 40.4 Å². The van der Waals surface area contributed by atoms with Gasteiger partial charge in [0, 0.05) is 25.6 Å². The van der Waals surface area contributed by atoms with E-state index in [1.54, 1.807) is 31.2 Å². The van der Waals surface area contributed by atoms with E-state index >= 15 is 0 Å². The van der Waals surface area contributed by atoms with Crippen LogP contribution in [0.25, 0.3) is 5.52 Å². The third-order valence-corrected chi connectivity index (χ3v) is 4.85. The van der Waals surface area contributed by atoms with E-state index in [-0.39, 0.29) is 30.3 Å². The van der Waals surface area contributed by atoms with Crippen LogP contribution >= 0.6 is 11.6 Å². The molecule has 8 heteroatoms. The van der Waals surface area contributed by atoms with Crippen LogP contribution in [-0.4, -0.2) is 21.4 Å². The van der Waals surface area contributed by atoms with Gasteiger partial charge >= 0.3 is 5.97 Å². The van der Waals surface area contributed by atoms with Crippen LogP contribution < -0.4 is 10.9 Å². The van der Waals surface area contributed by atoms with E-state index in [1.165, 1.54) is 22.7 Å². The normalized spacial score (nSPS) is 10.9. The summed E-state index contributed by atoms with van der Waals surface area (Å²) in [5.74, 6) is -2.10. The van der Waals surface area contributed by atoms with Crippen LogP contribution in [0.15, 0.2) is 47.4 Å². The topological polar surface area (TPSA) is 87.9 Å². The van der Waals surface area contributed by atoms with Gasteiger partial charge in [-0.3, -0.25) is 14.0 Å². The van der Waals surface area contributed by atoms with Crippen molar-refractivity contribution in [2.24, 2.45) is 0 Å². The summed E-state index contributed by atoms with van der Waals surface area (Å²) >= 11 is 5.82. The first-order valence-electron chi connectivity index (χ1n) is 8.91. The van der Waals surface area contributed by atoms with Gasteiger partial charge in [-0.25, -0.2) is 9.18 Å². The van der Waals surface area contributed by atoms with Gasteiger partial charge in [0.25, 0.3) is 5.56 Å². The monoisotopic (exact) mass is 416 g/mol. The summed E-state index contributed by atoms with van der Waals surface area (Å²) in [5, 5.41) is 12.1. The Bertz CT molecular complexity index is 1170. The molecule has 0 radical (unpaired) electrons. The second kappa shape index (κ2) is 8.45. The number of nitrogens with one attached hydrogen (secondary N) is 1. The SMILES string of the molecule is CCC(=O)NCc1cc(C(=O)O)c(=O)n2cc(Cc3cccc(Cl)c3F)ccc12. The van der Waals surface area contributed by atoms with Gasteiger partial charge in [0.1, 0.15) is 11.4 Å². The fourth-order valence-electron chi connectivity index (χ4n) is 3.04. The second-order valence-electron chi connectivity index (χ2n) is 6.51. The molecule has 1 aromatic carbocycles. The minimum atomic E-state index is -1.36. The Morgan fingerprint density at radius 2 is 1.97 bits per heavy atom. The number of aromatic nitrogens is 1. The van der Waals surface area contributed by atoms with Gasteiger partial charge < -0.3 is 10.4 Å². The summed E-state index contributed by atoms with van der Waals surface area (Å²) in [6.45, 7) is 1.78. The molecule has 0 fully saturated rings. The van der Waals surface area contributed by atoms with Crippen molar-refractivity contribution in [1.29, 1.82) is 0 Å². The third kappa shape index (κ3) is 4.30. The van der Waals surface area contributed by atoms with Crippen LogP contribution in [0.3, 0.4) is 0 Å². The van der Waals surface area contributed by atoms with Gasteiger partial charge in [-0.2, -0.15) is 0 Å². The lowest BCUT2D eigenvalue weighted by Gasteiger charge is -2.12. The summed E-state index contributed by atoms with van der Waals surface area (Å²) in [4.78, 5) is 35.7. The summed E-state index contributed by atoms with van der Waals surface area (Å²) < 4.78 is 15.4. The third-order valence-electron chi connectivity index (χ3n) is 4.56. The van der Waals surface area contributed by atoms with E-state index in [4.69, 9.17) is 11.6 Å². The first-order chi connectivity index (χ1) is 13.8. The Hall–Kier alpha value is -3.19. The molecule has 0 bridgehead atoms. The minimum absolute atomic E-state index is 0.00238. The molecule has 0 saturated heterocycles. The number of carbonyl (C=O) groups excluding carboxylic acids is 1. The maximum Gasteiger partial charge on any atom is 0.341 e. The van der Waals surface area contributed by atoms with Crippen molar-refractivity contribution >= 4 is 29.0 Å². The molecule has 29 heavy (non-hydrogen) atoms. The summed E-state index contributed by atoms with van der Waals surface area (Å²) in [7, 11) is 0. The molecule has 2 aromatic heterocycles. The molecule has 0 aliphatic carbocycles. The molecule has 3 aromatic rings. The highest BCUT2D eigenvalue weighted by Crippen LogP contribution is 2.21. The molecule has 0 atom stereocenters. The van der Waals surface area contributed by atoms with Gasteiger partial charge in [0.05, 0.1) is 10.5 Å². The van der Waals surface area contributed by atoms with Crippen LogP contribution in [-0.2, 0) is 17.8 Å². The molecule has 0 unspecified atom stereocenters. The highest BCUT2D eigenvalue weighted by Gasteiger charge is 2.16. The van der Waals surface area contributed by atoms with E-state index in [1.807, 2.05) is 0 Å². The van der Waals surface area contributed by atoms with E-state index < -0.39 is 22.9 Å². The number of amides is 1. The average molecular weight is 417 g/mol. The van der Waals surface area contributed by atoms with Crippen molar-refractivity contribution < 1.29 is 19.1 Å². The van der Waals surface area contributed by atoms with Crippen molar-refractivity contribution in [3.63, 3.8) is 0 Å². The first kappa shape index (κ1) is 20.5. The second-order valence-corrected chi connectivity index (χ2v) is 6.91. The number of nitrogens with zero attached hydrogens (tertiary/aromatic N) is 1. The van der Waals surface area contributed by atoms with Gasteiger partial charge in [0.15, 0.2) is 0 Å². The molecule has 1 amide bonds. The lowest BCUT2D eigenvalue weighted by atomic mass is 10.0.